The van der Waals surface area contributed by atoms with Crippen LogP contribution in [-0.2, 0) is 11.8 Å². The van der Waals surface area contributed by atoms with Crippen molar-refractivity contribution in [2.45, 2.75) is 32.6 Å². The van der Waals surface area contributed by atoms with Gasteiger partial charge in [0.2, 0.25) is 0 Å². The maximum atomic E-state index is 3.82. The van der Waals surface area contributed by atoms with Gasteiger partial charge in [0.05, 0.1) is 0 Å². The zero-order valence-electron chi connectivity index (χ0n) is 13.8. The minimum atomic E-state index is 0.00127. The van der Waals surface area contributed by atoms with Gasteiger partial charge in [0.25, 0.3) is 0 Å². The molecule has 0 spiro atoms. The minimum absolute atomic E-state index is 0.00127. The number of halogens is 3. The molecule has 0 fully saturated rings. The molecule has 3 aromatic rings. The van der Waals surface area contributed by atoms with Gasteiger partial charge in [-0.25, -0.2) is 0 Å². The summed E-state index contributed by atoms with van der Waals surface area (Å²) in [6.07, 6.45) is 1.04. The second kappa shape index (κ2) is 5.69. The van der Waals surface area contributed by atoms with Crippen LogP contribution in [0, 0.1) is 0 Å². The third-order valence-electron chi connectivity index (χ3n) is 5.25. The summed E-state index contributed by atoms with van der Waals surface area (Å²) < 4.78 is 3.39. The first-order chi connectivity index (χ1) is 11.4. The van der Waals surface area contributed by atoms with Gasteiger partial charge in [0.1, 0.15) is 0 Å². The summed E-state index contributed by atoms with van der Waals surface area (Å²) >= 11 is 11.2. The second-order valence-electron chi connectivity index (χ2n) is 6.91. The lowest BCUT2D eigenvalue weighted by Gasteiger charge is -2.23. The molecular formula is C21H17Br3. The molecule has 0 unspecified atom stereocenters. The van der Waals surface area contributed by atoms with Gasteiger partial charge in [-0.1, -0.05) is 54.9 Å². The molecule has 1 aliphatic rings. The standard InChI is InChI=1S/C21H17Br3/c1-4-11-8-15-19(20-12(11)6-5-7-16(20)22)13-9-17(23)18(24)10-14(13)21(15,2)3/h5-10H,4H2,1-3H3. The number of benzene rings is 3. The highest BCUT2D eigenvalue weighted by Gasteiger charge is 2.38. The van der Waals surface area contributed by atoms with E-state index in [0.29, 0.717) is 0 Å². The summed E-state index contributed by atoms with van der Waals surface area (Å²) in [5, 5.41) is 2.70. The Kier molecular flexibility index (Phi) is 3.98. The predicted molar refractivity (Wildman–Crippen MR) is 114 cm³/mol. The third-order valence-corrected chi connectivity index (χ3v) is 7.76. The van der Waals surface area contributed by atoms with Crippen molar-refractivity contribution in [1.82, 2.24) is 0 Å². The van der Waals surface area contributed by atoms with Crippen LogP contribution in [0.1, 0.15) is 37.5 Å². The molecule has 4 rings (SSSR count). The summed E-state index contributed by atoms with van der Waals surface area (Å²) in [5.41, 5.74) is 6.95. The summed E-state index contributed by atoms with van der Waals surface area (Å²) in [4.78, 5) is 0. The van der Waals surface area contributed by atoms with Crippen molar-refractivity contribution in [1.29, 1.82) is 0 Å². The van der Waals surface area contributed by atoms with E-state index < -0.39 is 0 Å². The summed E-state index contributed by atoms with van der Waals surface area (Å²) in [5.74, 6) is 0. The highest BCUT2D eigenvalue weighted by molar-refractivity contribution is 9.13. The molecule has 0 radical (unpaired) electrons. The van der Waals surface area contributed by atoms with Crippen LogP contribution in [0.3, 0.4) is 0 Å². The van der Waals surface area contributed by atoms with Crippen LogP contribution in [0.4, 0.5) is 0 Å². The first-order valence-electron chi connectivity index (χ1n) is 8.10. The third kappa shape index (κ3) is 2.21. The van der Waals surface area contributed by atoms with Gasteiger partial charge in [-0.15, -0.1) is 0 Å². The van der Waals surface area contributed by atoms with Crippen LogP contribution < -0.4 is 0 Å². The molecule has 0 nitrogen and oxygen atoms in total. The Balaban J connectivity index is 2.24. The normalized spacial score (nSPS) is 14.8. The fraction of sp³-hybridized carbons (Fsp3) is 0.238. The highest BCUT2D eigenvalue weighted by atomic mass is 79.9. The minimum Gasteiger partial charge on any atom is -0.0613 e. The number of hydrogen-bond acceptors (Lipinski definition) is 0. The van der Waals surface area contributed by atoms with E-state index in [1.54, 1.807) is 0 Å². The van der Waals surface area contributed by atoms with Crippen LogP contribution in [0.15, 0.2) is 49.8 Å². The lowest BCUT2D eigenvalue weighted by Crippen LogP contribution is -2.15. The molecule has 0 saturated heterocycles. The van der Waals surface area contributed by atoms with Crippen molar-refractivity contribution in [3.8, 4) is 11.1 Å². The van der Waals surface area contributed by atoms with E-state index in [0.717, 1.165) is 15.4 Å². The molecule has 3 aromatic carbocycles. The van der Waals surface area contributed by atoms with Gasteiger partial charge in [0.15, 0.2) is 0 Å². The van der Waals surface area contributed by atoms with Crippen molar-refractivity contribution in [3.05, 3.63) is 66.5 Å². The molecule has 0 bridgehead atoms. The maximum absolute atomic E-state index is 3.82. The zero-order valence-corrected chi connectivity index (χ0v) is 18.6. The van der Waals surface area contributed by atoms with Gasteiger partial charge in [0, 0.05) is 24.2 Å². The molecule has 24 heavy (non-hydrogen) atoms. The van der Waals surface area contributed by atoms with Crippen molar-refractivity contribution in [2.75, 3.05) is 0 Å². The van der Waals surface area contributed by atoms with Gasteiger partial charge < -0.3 is 0 Å². The summed E-state index contributed by atoms with van der Waals surface area (Å²) in [6, 6.07) is 13.5. The number of rotatable bonds is 1. The van der Waals surface area contributed by atoms with E-state index in [1.165, 1.54) is 43.1 Å². The van der Waals surface area contributed by atoms with Crippen LogP contribution in [0.2, 0.25) is 0 Å². The molecule has 0 aromatic heterocycles. The second-order valence-corrected chi connectivity index (χ2v) is 9.47. The van der Waals surface area contributed by atoms with Gasteiger partial charge in [-0.3, -0.25) is 0 Å². The molecule has 0 aliphatic heterocycles. The zero-order chi connectivity index (χ0) is 17.2. The van der Waals surface area contributed by atoms with Crippen molar-refractivity contribution in [3.63, 3.8) is 0 Å². The van der Waals surface area contributed by atoms with Crippen LogP contribution >= 0.6 is 47.8 Å². The van der Waals surface area contributed by atoms with Gasteiger partial charge in [-0.2, -0.15) is 0 Å². The Hall–Kier alpha value is -0.640. The van der Waals surface area contributed by atoms with E-state index in [1.807, 2.05) is 0 Å². The average Bonchev–Trinajstić information content (AvgIpc) is 2.75. The Bertz CT molecular complexity index is 1000. The van der Waals surface area contributed by atoms with Crippen LogP contribution in [0.5, 0.6) is 0 Å². The lowest BCUT2D eigenvalue weighted by molar-refractivity contribution is 0.659. The molecule has 0 heterocycles. The van der Waals surface area contributed by atoms with E-state index in [2.05, 4.69) is 105 Å². The van der Waals surface area contributed by atoms with Gasteiger partial charge >= 0.3 is 0 Å². The van der Waals surface area contributed by atoms with Crippen LogP contribution in [0.25, 0.3) is 21.9 Å². The van der Waals surface area contributed by atoms with Crippen molar-refractivity contribution in [2.24, 2.45) is 0 Å². The van der Waals surface area contributed by atoms with E-state index in [-0.39, 0.29) is 5.41 Å². The van der Waals surface area contributed by atoms with Crippen molar-refractivity contribution < 1.29 is 0 Å². The Morgan fingerprint density at radius 3 is 2.29 bits per heavy atom. The maximum Gasteiger partial charge on any atom is 0.0323 e. The van der Waals surface area contributed by atoms with Crippen molar-refractivity contribution >= 4 is 58.6 Å². The molecule has 0 amide bonds. The Labute approximate surface area is 168 Å². The highest BCUT2D eigenvalue weighted by Crippen LogP contribution is 2.54. The Morgan fingerprint density at radius 1 is 0.875 bits per heavy atom. The largest absolute Gasteiger partial charge is 0.0613 e. The number of fused-ring (bicyclic) bond motifs is 5. The topological polar surface area (TPSA) is 0 Å². The van der Waals surface area contributed by atoms with E-state index in [9.17, 15) is 0 Å². The smallest absolute Gasteiger partial charge is 0.0323 e. The summed E-state index contributed by atoms with van der Waals surface area (Å²) in [6.45, 7) is 6.91. The quantitative estimate of drug-likeness (QED) is 0.312. The molecule has 0 saturated carbocycles. The van der Waals surface area contributed by atoms with Crippen LogP contribution in [-0.4, -0.2) is 0 Å². The average molecular weight is 509 g/mol. The fourth-order valence-electron chi connectivity index (χ4n) is 3.99. The molecule has 1 aliphatic carbocycles. The molecule has 0 atom stereocenters. The van der Waals surface area contributed by atoms with E-state index >= 15 is 0 Å². The predicted octanol–water partition coefficient (Wildman–Crippen LogP) is 8.00. The molecule has 0 N–H and O–H groups in total. The number of aryl methyl sites for hydroxylation is 1. The van der Waals surface area contributed by atoms with Gasteiger partial charge in [-0.05, 0) is 89.7 Å². The molecule has 3 heteroatoms. The van der Waals surface area contributed by atoms with E-state index in [4.69, 9.17) is 0 Å². The molecule has 122 valence electrons. The SMILES string of the molecule is CCc1cc2c(c3c(Br)cccc13)-c1cc(Br)c(Br)cc1C2(C)C. The lowest BCUT2D eigenvalue weighted by atomic mass is 9.81. The number of hydrogen-bond donors (Lipinski definition) is 0. The first kappa shape index (κ1) is 16.8. The first-order valence-corrected chi connectivity index (χ1v) is 10.5. The monoisotopic (exact) mass is 506 g/mol. The fourth-order valence-corrected chi connectivity index (χ4v) is 5.24. The molecular weight excluding hydrogens is 492 g/mol. The Morgan fingerprint density at radius 2 is 1.58 bits per heavy atom. The summed E-state index contributed by atoms with van der Waals surface area (Å²) in [7, 11) is 0.